The van der Waals surface area contributed by atoms with E-state index >= 15 is 0 Å². The minimum absolute atomic E-state index is 0.356. The molecule has 3 aromatic heterocycles. The van der Waals surface area contributed by atoms with Crippen LogP contribution in [0.3, 0.4) is 0 Å². The molecule has 0 aliphatic carbocycles. The van der Waals surface area contributed by atoms with Crippen LogP contribution >= 0.6 is 11.6 Å². The third-order valence-corrected chi connectivity index (χ3v) is 4.88. The van der Waals surface area contributed by atoms with Crippen molar-refractivity contribution >= 4 is 34.1 Å². The fourth-order valence-corrected chi connectivity index (χ4v) is 3.32. The highest BCUT2D eigenvalue weighted by atomic mass is 35.5. The highest BCUT2D eigenvalue weighted by molar-refractivity contribution is 6.33. The van der Waals surface area contributed by atoms with Gasteiger partial charge in [0.15, 0.2) is 5.15 Å². The van der Waals surface area contributed by atoms with Gasteiger partial charge in [-0.15, -0.1) is 0 Å². The second-order valence-electron chi connectivity index (χ2n) is 6.48. The van der Waals surface area contributed by atoms with Gasteiger partial charge in [-0.05, 0) is 32.0 Å². The zero-order valence-electron chi connectivity index (χ0n) is 16.0. The first-order valence-electron chi connectivity index (χ1n) is 8.70. The predicted molar refractivity (Wildman–Crippen MR) is 110 cm³/mol. The largest absolute Gasteiger partial charge is 0.495 e. The minimum Gasteiger partial charge on any atom is -0.495 e. The number of imidazole rings is 1. The molecule has 0 aliphatic heterocycles. The van der Waals surface area contributed by atoms with Crippen molar-refractivity contribution in [2.24, 2.45) is 7.05 Å². The van der Waals surface area contributed by atoms with Crippen LogP contribution in [0.1, 0.15) is 11.5 Å². The molecule has 0 spiro atoms. The Hall–Kier alpha value is -3.19. The monoisotopic (exact) mass is 394 g/mol. The Balaban J connectivity index is 1.70. The Morgan fingerprint density at radius 3 is 2.61 bits per heavy atom. The Morgan fingerprint density at radius 1 is 1.07 bits per heavy atom. The lowest BCUT2D eigenvalue weighted by molar-refractivity contribution is 0.417. The summed E-state index contributed by atoms with van der Waals surface area (Å²) in [7, 11) is 3.61. The first-order valence-corrected chi connectivity index (χ1v) is 9.07. The van der Waals surface area contributed by atoms with Gasteiger partial charge >= 0.3 is 0 Å². The topological polar surface area (TPSA) is 77.8 Å². The molecule has 0 aliphatic rings. The van der Waals surface area contributed by atoms with Crippen LogP contribution in [0.25, 0.3) is 22.2 Å². The van der Waals surface area contributed by atoms with Gasteiger partial charge < -0.3 is 14.6 Å². The summed E-state index contributed by atoms with van der Waals surface area (Å²) in [5.41, 5.74) is 4.20. The van der Waals surface area contributed by atoms with Crippen molar-refractivity contribution < 1.29 is 4.74 Å². The van der Waals surface area contributed by atoms with Gasteiger partial charge in [-0.1, -0.05) is 17.7 Å². The maximum absolute atomic E-state index is 6.24. The number of ether oxygens (including phenoxy) is 1. The van der Waals surface area contributed by atoms with E-state index in [1.807, 2.05) is 55.9 Å². The first-order chi connectivity index (χ1) is 13.5. The van der Waals surface area contributed by atoms with Crippen molar-refractivity contribution in [1.29, 1.82) is 0 Å². The number of nitrogens with zero attached hydrogens (tertiary/aromatic N) is 5. The van der Waals surface area contributed by atoms with E-state index < -0.39 is 0 Å². The third kappa shape index (κ3) is 3.25. The second-order valence-corrected chi connectivity index (χ2v) is 6.83. The number of nitrogens with one attached hydrogen (secondary N) is 1. The molecule has 0 saturated heterocycles. The standard InChI is InChI=1S/C20H19ClN6O/c1-11-7-14-9-23-20(26-18(14)19(21)24-11)25-15-6-5-13(8-17(15)28-4)16-10-22-12(2)27(16)3/h5-10H,1-4H3,(H,23,25,26). The van der Waals surface area contributed by atoms with Gasteiger partial charge in [0.2, 0.25) is 5.95 Å². The van der Waals surface area contributed by atoms with Gasteiger partial charge in [-0.2, -0.15) is 0 Å². The molecule has 1 aromatic carbocycles. The van der Waals surface area contributed by atoms with E-state index in [9.17, 15) is 0 Å². The zero-order chi connectivity index (χ0) is 19.8. The average Bonchev–Trinajstić information content (AvgIpc) is 3.01. The number of aromatic nitrogens is 5. The Bertz CT molecular complexity index is 1190. The van der Waals surface area contributed by atoms with Crippen molar-refractivity contribution in [3.05, 3.63) is 53.3 Å². The normalized spacial score (nSPS) is 11.0. The molecule has 0 saturated carbocycles. The molecule has 0 unspecified atom stereocenters. The molecule has 142 valence electrons. The number of anilines is 2. The van der Waals surface area contributed by atoms with Crippen LogP contribution in [0.2, 0.25) is 5.15 Å². The van der Waals surface area contributed by atoms with Gasteiger partial charge in [-0.25, -0.2) is 19.9 Å². The molecular weight excluding hydrogens is 376 g/mol. The predicted octanol–water partition coefficient (Wildman–Crippen LogP) is 4.45. The molecule has 0 atom stereocenters. The molecular formula is C20H19ClN6O. The molecule has 28 heavy (non-hydrogen) atoms. The van der Waals surface area contributed by atoms with E-state index in [1.165, 1.54) is 0 Å². The summed E-state index contributed by atoms with van der Waals surface area (Å²) in [6, 6.07) is 7.79. The van der Waals surface area contributed by atoms with Crippen molar-refractivity contribution in [1.82, 2.24) is 24.5 Å². The van der Waals surface area contributed by atoms with Gasteiger partial charge in [-0.3, -0.25) is 0 Å². The van der Waals surface area contributed by atoms with Crippen LogP contribution in [0.4, 0.5) is 11.6 Å². The number of methoxy groups -OCH3 is 1. The van der Waals surface area contributed by atoms with Crippen molar-refractivity contribution in [2.45, 2.75) is 13.8 Å². The van der Waals surface area contributed by atoms with E-state index in [1.54, 1.807) is 13.3 Å². The van der Waals surface area contributed by atoms with Crippen LogP contribution in [0.15, 0.2) is 36.7 Å². The molecule has 0 fully saturated rings. The third-order valence-electron chi connectivity index (χ3n) is 4.62. The number of fused-ring (bicyclic) bond motifs is 1. The van der Waals surface area contributed by atoms with E-state index in [-0.39, 0.29) is 0 Å². The van der Waals surface area contributed by atoms with Gasteiger partial charge in [0.25, 0.3) is 0 Å². The molecule has 7 nitrogen and oxygen atoms in total. The van der Waals surface area contributed by atoms with Crippen LogP contribution in [0, 0.1) is 13.8 Å². The summed E-state index contributed by atoms with van der Waals surface area (Å²) in [5.74, 6) is 2.04. The van der Waals surface area contributed by atoms with E-state index in [4.69, 9.17) is 16.3 Å². The summed E-state index contributed by atoms with van der Waals surface area (Å²) in [6.45, 7) is 3.85. The molecule has 1 N–H and O–H groups in total. The van der Waals surface area contributed by atoms with Gasteiger partial charge in [0.1, 0.15) is 17.1 Å². The Labute approximate surface area is 167 Å². The summed E-state index contributed by atoms with van der Waals surface area (Å²) < 4.78 is 7.60. The summed E-state index contributed by atoms with van der Waals surface area (Å²) >= 11 is 6.24. The molecule has 4 aromatic rings. The van der Waals surface area contributed by atoms with E-state index in [0.29, 0.717) is 22.4 Å². The van der Waals surface area contributed by atoms with E-state index in [0.717, 1.165) is 33.8 Å². The SMILES string of the molecule is COc1cc(-c2cnc(C)n2C)ccc1Nc1ncc2cc(C)nc(Cl)c2n1. The van der Waals surface area contributed by atoms with Crippen LogP contribution in [-0.4, -0.2) is 31.6 Å². The number of hydrogen-bond acceptors (Lipinski definition) is 6. The molecule has 0 bridgehead atoms. The fourth-order valence-electron chi connectivity index (χ4n) is 3.03. The maximum atomic E-state index is 6.24. The number of benzene rings is 1. The summed E-state index contributed by atoms with van der Waals surface area (Å²) in [5, 5.41) is 4.40. The van der Waals surface area contributed by atoms with Gasteiger partial charge in [0.05, 0.1) is 24.7 Å². The highest BCUT2D eigenvalue weighted by Gasteiger charge is 2.12. The summed E-state index contributed by atoms with van der Waals surface area (Å²) in [6.07, 6.45) is 3.57. The number of pyridine rings is 1. The van der Waals surface area contributed by atoms with Crippen molar-refractivity contribution in [3.63, 3.8) is 0 Å². The zero-order valence-corrected chi connectivity index (χ0v) is 16.7. The number of hydrogen-bond donors (Lipinski definition) is 1. The quantitative estimate of drug-likeness (QED) is 0.515. The lowest BCUT2D eigenvalue weighted by Gasteiger charge is -2.13. The van der Waals surface area contributed by atoms with E-state index in [2.05, 4.69) is 25.3 Å². The molecule has 3 heterocycles. The lowest BCUT2D eigenvalue weighted by atomic mass is 10.1. The number of aryl methyl sites for hydroxylation is 2. The van der Waals surface area contributed by atoms with Crippen molar-refractivity contribution in [2.75, 3.05) is 12.4 Å². The average molecular weight is 395 g/mol. The Kier molecular flexibility index (Phi) is 4.60. The fraction of sp³-hybridized carbons (Fsp3) is 0.200. The molecule has 0 amide bonds. The second kappa shape index (κ2) is 7.09. The van der Waals surface area contributed by atoms with Crippen molar-refractivity contribution in [3.8, 4) is 17.0 Å². The molecule has 0 radical (unpaired) electrons. The molecule has 8 heteroatoms. The number of rotatable bonds is 4. The Morgan fingerprint density at radius 2 is 1.89 bits per heavy atom. The first kappa shape index (κ1) is 18.2. The lowest BCUT2D eigenvalue weighted by Crippen LogP contribution is -2.01. The maximum Gasteiger partial charge on any atom is 0.227 e. The molecule has 4 rings (SSSR count). The smallest absolute Gasteiger partial charge is 0.227 e. The summed E-state index contributed by atoms with van der Waals surface area (Å²) in [4.78, 5) is 17.5. The van der Waals surface area contributed by atoms with Crippen LogP contribution in [0.5, 0.6) is 5.75 Å². The highest BCUT2D eigenvalue weighted by Crippen LogP contribution is 2.32. The van der Waals surface area contributed by atoms with Crippen LogP contribution in [-0.2, 0) is 7.05 Å². The minimum atomic E-state index is 0.356. The number of halogens is 1. The van der Waals surface area contributed by atoms with Gasteiger partial charge in [0, 0.05) is 29.9 Å². The van der Waals surface area contributed by atoms with Crippen LogP contribution < -0.4 is 10.1 Å².